The maximum absolute atomic E-state index is 10.9. The van der Waals surface area contributed by atoms with Crippen LogP contribution in [0.3, 0.4) is 0 Å². The van der Waals surface area contributed by atoms with Gasteiger partial charge in [0.1, 0.15) is 16.6 Å². The molecule has 27 heavy (non-hydrogen) atoms. The van der Waals surface area contributed by atoms with Gasteiger partial charge in [-0.15, -0.1) is 11.3 Å². The lowest BCUT2D eigenvalue weighted by Gasteiger charge is -2.05. The molecule has 0 saturated heterocycles. The highest BCUT2D eigenvalue weighted by Gasteiger charge is 2.12. The molecule has 0 saturated carbocycles. The predicted octanol–water partition coefficient (Wildman–Crippen LogP) is 5.31. The van der Waals surface area contributed by atoms with Gasteiger partial charge in [-0.3, -0.25) is 10.1 Å². The van der Waals surface area contributed by atoms with Gasteiger partial charge < -0.3 is 5.32 Å². The smallest absolute Gasteiger partial charge is 0.270 e. The summed E-state index contributed by atoms with van der Waals surface area (Å²) in [7, 11) is 0. The Hall–Kier alpha value is -3.50. The molecular weight excluding hydrogens is 360 g/mol. The van der Waals surface area contributed by atoms with Crippen LogP contribution in [0, 0.1) is 35.3 Å². The van der Waals surface area contributed by atoms with Crippen molar-refractivity contribution < 1.29 is 4.92 Å². The van der Waals surface area contributed by atoms with Gasteiger partial charge >= 0.3 is 0 Å². The standard InChI is InChI=1S/C20H16N4O2S/c1-13-6-14(2)8-17(7-13)22-11-16(10-21)20-23-19(12-27-20)15-4-3-5-18(9-15)24(25)26/h3-9,11-12,22H,1-2H3. The fourth-order valence-electron chi connectivity index (χ4n) is 2.66. The van der Waals surface area contributed by atoms with Crippen molar-refractivity contribution in [2.75, 3.05) is 5.32 Å². The van der Waals surface area contributed by atoms with Crippen LogP contribution >= 0.6 is 11.3 Å². The molecule has 0 radical (unpaired) electrons. The molecule has 0 unspecified atom stereocenters. The minimum Gasteiger partial charge on any atom is -0.360 e. The van der Waals surface area contributed by atoms with Crippen molar-refractivity contribution in [3.63, 3.8) is 0 Å². The lowest BCUT2D eigenvalue weighted by Crippen LogP contribution is -1.92. The number of nitro groups is 1. The Labute approximate surface area is 160 Å². The number of allylic oxidation sites excluding steroid dienone is 1. The summed E-state index contributed by atoms with van der Waals surface area (Å²) in [6, 6.07) is 14.5. The van der Waals surface area contributed by atoms with Crippen LogP contribution in [0.5, 0.6) is 0 Å². The van der Waals surface area contributed by atoms with Crippen LogP contribution in [0.2, 0.25) is 0 Å². The summed E-state index contributed by atoms with van der Waals surface area (Å²) in [5.74, 6) is 0. The highest BCUT2D eigenvalue weighted by molar-refractivity contribution is 7.11. The topological polar surface area (TPSA) is 91.8 Å². The van der Waals surface area contributed by atoms with Crippen LogP contribution in [0.15, 0.2) is 54.0 Å². The second-order valence-electron chi connectivity index (χ2n) is 6.04. The van der Waals surface area contributed by atoms with Crippen molar-refractivity contribution in [1.29, 1.82) is 5.26 Å². The molecule has 6 nitrogen and oxygen atoms in total. The van der Waals surface area contributed by atoms with E-state index in [0.717, 1.165) is 16.8 Å². The number of benzene rings is 2. The minimum atomic E-state index is -0.439. The molecule has 0 aliphatic heterocycles. The number of hydrogen-bond acceptors (Lipinski definition) is 6. The first kappa shape index (κ1) is 18.3. The fourth-order valence-corrected chi connectivity index (χ4v) is 3.46. The molecule has 1 heterocycles. The number of non-ortho nitro benzene ring substituents is 1. The number of aryl methyl sites for hydroxylation is 2. The van der Waals surface area contributed by atoms with E-state index < -0.39 is 4.92 Å². The maximum atomic E-state index is 10.9. The number of thiazole rings is 1. The summed E-state index contributed by atoms with van der Waals surface area (Å²) in [6.45, 7) is 4.03. The maximum Gasteiger partial charge on any atom is 0.270 e. The molecule has 0 aliphatic carbocycles. The van der Waals surface area contributed by atoms with Crippen molar-refractivity contribution in [2.45, 2.75) is 13.8 Å². The second-order valence-corrected chi connectivity index (χ2v) is 6.89. The summed E-state index contributed by atoms with van der Waals surface area (Å²) >= 11 is 1.32. The quantitative estimate of drug-likeness (QED) is 0.370. The van der Waals surface area contributed by atoms with Crippen molar-refractivity contribution in [3.8, 4) is 17.3 Å². The number of hydrogen-bond donors (Lipinski definition) is 1. The normalized spacial score (nSPS) is 11.1. The Kier molecular flexibility index (Phi) is 5.29. The summed E-state index contributed by atoms with van der Waals surface area (Å²) < 4.78 is 0. The molecule has 0 spiro atoms. The van der Waals surface area contributed by atoms with E-state index in [1.165, 1.54) is 23.5 Å². The van der Waals surface area contributed by atoms with Crippen LogP contribution in [0.25, 0.3) is 16.8 Å². The lowest BCUT2D eigenvalue weighted by atomic mass is 10.1. The van der Waals surface area contributed by atoms with Gasteiger partial charge in [-0.25, -0.2) is 4.98 Å². The highest BCUT2D eigenvalue weighted by atomic mass is 32.1. The molecular formula is C20H16N4O2S. The third-order valence-corrected chi connectivity index (χ3v) is 4.69. The Bertz CT molecular complexity index is 1060. The zero-order valence-corrected chi connectivity index (χ0v) is 15.6. The molecule has 1 N–H and O–H groups in total. The molecule has 3 aromatic rings. The molecule has 0 aliphatic rings. The molecule has 0 fully saturated rings. The zero-order chi connectivity index (χ0) is 19.4. The number of anilines is 1. The predicted molar refractivity (Wildman–Crippen MR) is 107 cm³/mol. The van der Waals surface area contributed by atoms with Gasteiger partial charge in [0.05, 0.1) is 10.6 Å². The third-order valence-electron chi connectivity index (χ3n) is 3.81. The van der Waals surface area contributed by atoms with Gasteiger partial charge in [0.25, 0.3) is 5.69 Å². The van der Waals surface area contributed by atoms with E-state index in [1.54, 1.807) is 23.7 Å². The summed E-state index contributed by atoms with van der Waals surface area (Å²) in [4.78, 5) is 15.0. The van der Waals surface area contributed by atoms with Crippen molar-refractivity contribution in [1.82, 2.24) is 4.98 Å². The van der Waals surface area contributed by atoms with Crippen molar-refractivity contribution in [2.24, 2.45) is 0 Å². The number of nitriles is 1. The van der Waals surface area contributed by atoms with Gasteiger partial charge in [-0.2, -0.15) is 5.26 Å². The van der Waals surface area contributed by atoms with Gasteiger partial charge in [0.2, 0.25) is 0 Å². The van der Waals surface area contributed by atoms with Crippen LogP contribution in [-0.4, -0.2) is 9.91 Å². The van der Waals surface area contributed by atoms with E-state index in [-0.39, 0.29) is 5.69 Å². The van der Waals surface area contributed by atoms with E-state index in [9.17, 15) is 15.4 Å². The van der Waals surface area contributed by atoms with Crippen LogP contribution in [0.1, 0.15) is 16.1 Å². The van der Waals surface area contributed by atoms with Gasteiger partial charge in [-0.1, -0.05) is 18.2 Å². The highest BCUT2D eigenvalue weighted by Crippen LogP contribution is 2.28. The van der Waals surface area contributed by atoms with Crippen molar-refractivity contribution >= 4 is 28.3 Å². The summed E-state index contributed by atoms with van der Waals surface area (Å²) in [5.41, 5.74) is 4.82. The average molecular weight is 376 g/mol. The molecule has 3 rings (SSSR count). The third kappa shape index (κ3) is 4.37. The van der Waals surface area contributed by atoms with Gasteiger partial charge in [0, 0.05) is 35.0 Å². The molecule has 2 aromatic carbocycles. The second kappa shape index (κ2) is 7.81. The first-order valence-electron chi connectivity index (χ1n) is 8.12. The first-order valence-corrected chi connectivity index (χ1v) is 9.00. The number of rotatable bonds is 5. The van der Waals surface area contributed by atoms with Crippen LogP contribution < -0.4 is 5.32 Å². The Balaban J connectivity index is 1.86. The number of nitrogens with one attached hydrogen (secondary N) is 1. The van der Waals surface area contributed by atoms with Gasteiger partial charge in [0.15, 0.2) is 0 Å². The number of aromatic nitrogens is 1. The molecule has 134 valence electrons. The summed E-state index contributed by atoms with van der Waals surface area (Å²) in [6.07, 6.45) is 1.63. The first-order chi connectivity index (χ1) is 13.0. The average Bonchev–Trinajstić information content (AvgIpc) is 3.11. The molecule has 7 heteroatoms. The zero-order valence-electron chi connectivity index (χ0n) is 14.8. The monoisotopic (exact) mass is 376 g/mol. The fraction of sp³-hybridized carbons (Fsp3) is 0.100. The van der Waals surface area contributed by atoms with E-state index in [4.69, 9.17) is 0 Å². The number of nitrogens with zero attached hydrogens (tertiary/aromatic N) is 3. The molecule has 1 aromatic heterocycles. The Morgan fingerprint density at radius 2 is 2.00 bits per heavy atom. The number of nitro benzene ring substituents is 1. The van der Waals surface area contributed by atoms with E-state index >= 15 is 0 Å². The Morgan fingerprint density at radius 3 is 2.67 bits per heavy atom. The SMILES string of the molecule is Cc1cc(C)cc(NC=C(C#N)c2nc(-c3cccc([N+](=O)[O-])c3)cs2)c1. The van der Waals surface area contributed by atoms with Crippen LogP contribution in [-0.2, 0) is 0 Å². The van der Waals surface area contributed by atoms with Crippen LogP contribution in [0.4, 0.5) is 11.4 Å². The van der Waals surface area contributed by atoms with E-state index in [0.29, 0.717) is 21.8 Å². The molecule has 0 amide bonds. The minimum absolute atomic E-state index is 0.00887. The van der Waals surface area contributed by atoms with E-state index in [2.05, 4.69) is 22.4 Å². The van der Waals surface area contributed by atoms with E-state index in [1.807, 2.05) is 26.0 Å². The Morgan fingerprint density at radius 1 is 1.26 bits per heavy atom. The molecule has 0 atom stereocenters. The lowest BCUT2D eigenvalue weighted by molar-refractivity contribution is -0.384. The molecule has 0 bridgehead atoms. The van der Waals surface area contributed by atoms with Gasteiger partial charge in [-0.05, 0) is 37.1 Å². The largest absolute Gasteiger partial charge is 0.360 e. The summed E-state index contributed by atoms with van der Waals surface area (Å²) in [5, 5.41) is 25.9. The van der Waals surface area contributed by atoms with Crippen molar-refractivity contribution in [3.05, 3.63) is 80.3 Å².